The fourth-order valence-corrected chi connectivity index (χ4v) is 2.94. The molecule has 6 heteroatoms. The summed E-state index contributed by atoms with van der Waals surface area (Å²) >= 11 is 0. The number of fused-ring (bicyclic) bond motifs is 1. The predicted molar refractivity (Wildman–Crippen MR) is 53.6 cm³/mol. The molecule has 2 rings (SSSR count). The van der Waals surface area contributed by atoms with Crippen LogP contribution in [0.4, 0.5) is 0 Å². The minimum atomic E-state index is -1.46. The first kappa shape index (κ1) is 10.9. The van der Waals surface area contributed by atoms with Crippen LogP contribution in [0.15, 0.2) is 4.99 Å². The number of nitrogens with zero attached hydrogens (tertiary/aromatic N) is 3. The number of hydrogen-bond donors (Lipinski definition) is 1. The summed E-state index contributed by atoms with van der Waals surface area (Å²) in [6.45, 7) is 1.78. The van der Waals surface area contributed by atoms with Crippen LogP contribution in [0, 0.1) is 39.4 Å². The van der Waals surface area contributed by atoms with E-state index < -0.39 is 16.7 Å². The van der Waals surface area contributed by atoms with Crippen LogP contribution in [0.1, 0.15) is 6.92 Å². The van der Waals surface area contributed by atoms with E-state index in [1.165, 1.54) is 14.2 Å². The molecule has 0 aromatic rings. The van der Waals surface area contributed by atoms with Crippen LogP contribution in [0.25, 0.3) is 0 Å². The van der Waals surface area contributed by atoms with E-state index in [1.54, 1.807) is 6.92 Å². The number of methoxy groups -OCH3 is 2. The van der Waals surface area contributed by atoms with E-state index in [1.807, 2.05) is 0 Å². The molecule has 16 heavy (non-hydrogen) atoms. The molecular formula is C10H12N4O2. The van der Waals surface area contributed by atoms with Gasteiger partial charge in [-0.25, -0.2) is 4.99 Å². The number of hydrogen-bond acceptors (Lipinski definition) is 6. The molecule has 1 aliphatic heterocycles. The van der Waals surface area contributed by atoms with Crippen molar-refractivity contribution in [1.29, 1.82) is 10.5 Å². The summed E-state index contributed by atoms with van der Waals surface area (Å²) < 4.78 is 10.4. The van der Waals surface area contributed by atoms with Crippen LogP contribution in [-0.4, -0.2) is 26.0 Å². The second-order valence-electron chi connectivity index (χ2n) is 4.05. The first-order valence-corrected chi connectivity index (χ1v) is 4.81. The number of ether oxygens (including phenoxy) is 2. The summed E-state index contributed by atoms with van der Waals surface area (Å²) in [5.74, 6) is -1.60. The van der Waals surface area contributed by atoms with E-state index in [4.69, 9.17) is 15.2 Å². The van der Waals surface area contributed by atoms with Crippen molar-refractivity contribution >= 4 is 5.84 Å². The van der Waals surface area contributed by atoms with Crippen LogP contribution >= 0.6 is 0 Å². The molecule has 3 atom stereocenters. The fraction of sp³-hybridized carbons (Fsp3) is 0.700. The maximum Gasteiger partial charge on any atom is 0.292 e. The maximum absolute atomic E-state index is 9.36. The summed E-state index contributed by atoms with van der Waals surface area (Å²) in [4.78, 5) is 4.03. The van der Waals surface area contributed by atoms with Gasteiger partial charge in [0.05, 0.1) is 12.1 Å². The Bertz CT molecular complexity index is 456. The zero-order valence-electron chi connectivity index (χ0n) is 9.31. The molecule has 0 saturated heterocycles. The molecular weight excluding hydrogens is 208 g/mol. The van der Waals surface area contributed by atoms with Gasteiger partial charge in [0.2, 0.25) is 0 Å². The second kappa shape index (κ2) is 2.73. The summed E-state index contributed by atoms with van der Waals surface area (Å²) in [5, 5.41) is 18.6. The first-order chi connectivity index (χ1) is 7.53. The van der Waals surface area contributed by atoms with Crippen molar-refractivity contribution in [2.45, 2.75) is 12.8 Å². The number of nitriles is 2. The second-order valence-corrected chi connectivity index (χ2v) is 4.05. The third kappa shape index (κ3) is 0.656. The van der Waals surface area contributed by atoms with E-state index >= 15 is 0 Å². The Morgan fingerprint density at radius 3 is 2.19 bits per heavy atom. The van der Waals surface area contributed by atoms with E-state index in [0.29, 0.717) is 0 Å². The Balaban J connectivity index is 2.67. The molecule has 6 nitrogen and oxygen atoms in total. The summed E-state index contributed by atoms with van der Waals surface area (Å²) in [7, 11) is 2.77. The van der Waals surface area contributed by atoms with Gasteiger partial charge in [-0.1, -0.05) is 6.92 Å². The molecule has 0 spiro atoms. The Kier molecular flexibility index (Phi) is 1.86. The van der Waals surface area contributed by atoms with E-state index in [0.717, 1.165) is 0 Å². The molecule has 0 amide bonds. The molecule has 0 aromatic carbocycles. The van der Waals surface area contributed by atoms with Gasteiger partial charge in [-0.15, -0.1) is 0 Å². The summed E-state index contributed by atoms with van der Waals surface area (Å²) in [6, 6.07) is 4.20. The third-order valence-electron chi connectivity index (χ3n) is 3.91. The van der Waals surface area contributed by atoms with Gasteiger partial charge in [0.1, 0.15) is 11.3 Å². The van der Waals surface area contributed by atoms with Crippen LogP contribution in [-0.2, 0) is 9.47 Å². The molecule has 1 fully saturated rings. The van der Waals surface area contributed by atoms with Crippen molar-refractivity contribution in [1.82, 2.24) is 0 Å². The van der Waals surface area contributed by atoms with Crippen molar-refractivity contribution in [3.63, 3.8) is 0 Å². The minimum absolute atomic E-state index is 0.118. The lowest BCUT2D eigenvalue weighted by Crippen LogP contribution is -2.41. The van der Waals surface area contributed by atoms with Gasteiger partial charge < -0.3 is 15.2 Å². The highest BCUT2D eigenvalue weighted by Crippen LogP contribution is 2.77. The Hall–Kier alpha value is -1.63. The Morgan fingerprint density at radius 2 is 1.88 bits per heavy atom. The molecule has 1 aliphatic carbocycles. The minimum Gasteiger partial charge on any atom is -0.386 e. The van der Waals surface area contributed by atoms with E-state index in [9.17, 15) is 10.5 Å². The normalized spacial score (nSPS) is 42.8. The lowest BCUT2D eigenvalue weighted by molar-refractivity contribution is -0.232. The van der Waals surface area contributed by atoms with Crippen LogP contribution in [0.5, 0.6) is 0 Å². The molecule has 0 aromatic heterocycles. The molecule has 1 heterocycles. The van der Waals surface area contributed by atoms with E-state index in [-0.39, 0.29) is 11.8 Å². The molecule has 0 bridgehead atoms. The van der Waals surface area contributed by atoms with Crippen molar-refractivity contribution in [2.75, 3.05) is 14.2 Å². The van der Waals surface area contributed by atoms with Gasteiger partial charge in [0.15, 0.2) is 5.41 Å². The molecule has 0 unspecified atom stereocenters. The van der Waals surface area contributed by atoms with Crippen molar-refractivity contribution in [2.24, 2.45) is 27.5 Å². The zero-order chi connectivity index (χ0) is 12.2. The average Bonchev–Trinajstić information content (AvgIpc) is 2.77. The average molecular weight is 220 g/mol. The monoisotopic (exact) mass is 220 g/mol. The highest BCUT2D eigenvalue weighted by atomic mass is 16.7. The van der Waals surface area contributed by atoms with Crippen molar-refractivity contribution in [3.05, 3.63) is 0 Å². The van der Waals surface area contributed by atoms with Crippen LogP contribution in [0.2, 0.25) is 0 Å². The zero-order valence-corrected chi connectivity index (χ0v) is 9.31. The SMILES string of the molecule is COC1(OC)N=C(N)[C@]2(C#N)[C@H](C)[C@@]12C#N. The smallest absolute Gasteiger partial charge is 0.292 e. The topological polar surface area (TPSA) is 104 Å². The molecule has 84 valence electrons. The molecule has 0 radical (unpaired) electrons. The molecule has 1 saturated carbocycles. The Morgan fingerprint density at radius 1 is 1.31 bits per heavy atom. The standard InChI is InChI=1S/C10H12N4O2/c1-6-8(4-11)7(13)14-10(15-2,16-3)9(6,8)5-12/h6H,1-3H3,(H2,13,14)/t6-,8-,9+/m0/s1. The number of nitrogens with two attached hydrogens (primary N) is 1. The van der Waals surface area contributed by atoms with Gasteiger partial charge in [-0.2, -0.15) is 10.5 Å². The van der Waals surface area contributed by atoms with Crippen molar-refractivity contribution < 1.29 is 9.47 Å². The van der Waals surface area contributed by atoms with Crippen LogP contribution in [0.3, 0.4) is 0 Å². The van der Waals surface area contributed by atoms with Gasteiger partial charge in [0.25, 0.3) is 5.91 Å². The third-order valence-corrected chi connectivity index (χ3v) is 3.91. The fourth-order valence-electron chi connectivity index (χ4n) is 2.94. The summed E-state index contributed by atoms with van der Waals surface area (Å²) in [5.41, 5.74) is 3.55. The maximum atomic E-state index is 9.36. The highest BCUT2D eigenvalue weighted by molar-refractivity contribution is 5.98. The number of rotatable bonds is 2. The van der Waals surface area contributed by atoms with Crippen LogP contribution < -0.4 is 5.73 Å². The highest BCUT2D eigenvalue weighted by Gasteiger charge is 2.91. The largest absolute Gasteiger partial charge is 0.386 e. The predicted octanol–water partition coefficient (Wildman–Crippen LogP) is -0.0265. The lowest BCUT2D eigenvalue weighted by Gasteiger charge is -2.28. The van der Waals surface area contributed by atoms with Crippen molar-refractivity contribution in [3.8, 4) is 12.1 Å². The molecule has 2 N–H and O–H groups in total. The molecule has 2 aliphatic rings. The number of amidine groups is 1. The Labute approximate surface area is 93.3 Å². The van der Waals surface area contributed by atoms with Gasteiger partial charge in [-0.05, 0) is 0 Å². The van der Waals surface area contributed by atoms with Gasteiger partial charge >= 0.3 is 0 Å². The lowest BCUT2D eigenvalue weighted by atomic mass is 9.94. The quantitative estimate of drug-likeness (QED) is 0.658. The number of aliphatic imine (C=N–C) groups is 1. The van der Waals surface area contributed by atoms with Gasteiger partial charge in [-0.3, -0.25) is 0 Å². The first-order valence-electron chi connectivity index (χ1n) is 4.81. The van der Waals surface area contributed by atoms with E-state index in [2.05, 4.69) is 17.1 Å². The van der Waals surface area contributed by atoms with Gasteiger partial charge in [0, 0.05) is 20.1 Å². The summed E-state index contributed by atoms with van der Waals surface area (Å²) in [6.07, 6.45) is 0.